The highest BCUT2D eigenvalue weighted by molar-refractivity contribution is 9.10. The molecule has 0 aromatic heterocycles. The first-order chi connectivity index (χ1) is 8.40. The molecule has 0 saturated heterocycles. The highest BCUT2D eigenvalue weighted by Crippen LogP contribution is 2.19. The fourth-order valence-electron chi connectivity index (χ4n) is 1.29. The Labute approximate surface area is 119 Å². The van der Waals surface area contributed by atoms with Gasteiger partial charge >= 0.3 is 0 Å². The van der Waals surface area contributed by atoms with Crippen LogP contribution in [0.15, 0.2) is 22.7 Å². The van der Waals surface area contributed by atoms with E-state index < -0.39 is 0 Å². The lowest BCUT2D eigenvalue weighted by molar-refractivity contribution is -0.128. The summed E-state index contributed by atoms with van der Waals surface area (Å²) < 4.78 is 0.740. The molecule has 0 aliphatic carbocycles. The third kappa shape index (κ3) is 4.66. The Hall–Kier alpha value is -1.07. The maximum absolute atomic E-state index is 11.8. The number of carbonyl (C=O) groups excluding carboxylic acids is 2. The van der Waals surface area contributed by atoms with Crippen molar-refractivity contribution >= 4 is 39.3 Å². The van der Waals surface area contributed by atoms with E-state index in [9.17, 15) is 9.59 Å². The van der Waals surface area contributed by atoms with Crippen LogP contribution in [-0.2, 0) is 4.79 Å². The minimum Gasteiger partial charge on any atom is -0.352 e. The molecule has 1 N–H and O–H groups in total. The van der Waals surface area contributed by atoms with Crippen LogP contribution in [0, 0.1) is 0 Å². The van der Waals surface area contributed by atoms with Crippen LogP contribution in [0.5, 0.6) is 0 Å². The second-order valence-corrected chi connectivity index (χ2v) is 5.30. The summed E-state index contributed by atoms with van der Waals surface area (Å²) in [6.07, 6.45) is 0.278. The van der Waals surface area contributed by atoms with Crippen LogP contribution >= 0.6 is 27.5 Å². The third-order valence-corrected chi connectivity index (χ3v) is 2.92. The highest BCUT2D eigenvalue weighted by atomic mass is 79.9. The van der Waals surface area contributed by atoms with E-state index in [2.05, 4.69) is 21.2 Å². The zero-order valence-electron chi connectivity index (χ0n) is 10.2. The van der Waals surface area contributed by atoms with Gasteiger partial charge < -0.3 is 10.2 Å². The maximum Gasteiger partial charge on any atom is 0.251 e. The Balaban J connectivity index is 2.53. The molecule has 0 saturated carbocycles. The van der Waals surface area contributed by atoms with Gasteiger partial charge in [0.05, 0.1) is 0 Å². The maximum atomic E-state index is 11.8. The zero-order chi connectivity index (χ0) is 13.7. The van der Waals surface area contributed by atoms with Crippen LogP contribution in [0.2, 0.25) is 5.02 Å². The molecule has 0 spiro atoms. The lowest BCUT2D eigenvalue weighted by Crippen LogP contribution is -2.30. The Morgan fingerprint density at radius 2 is 2.00 bits per heavy atom. The number of nitrogens with one attached hydrogen (secondary N) is 1. The molecule has 0 atom stereocenters. The van der Waals surface area contributed by atoms with Crippen LogP contribution in [0.3, 0.4) is 0 Å². The molecule has 0 heterocycles. The van der Waals surface area contributed by atoms with Crippen molar-refractivity contribution in [2.24, 2.45) is 0 Å². The van der Waals surface area contributed by atoms with Crippen molar-refractivity contribution in [1.82, 2.24) is 10.2 Å². The molecule has 0 fully saturated rings. The average Bonchev–Trinajstić information content (AvgIpc) is 2.27. The Morgan fingerprint density at radius 3 is 2.56 bits per heavy atom. The van der Waals surface area contributed by atoms with Gasteiger partial charge in [-0.1, -0.05) is 27.5 Å². The number of hydrogen-bond donors (Lipinski definition) is 1. The van der Waals surface area contributed by atoms with Crippen LogP contribution in [0.25, 0.3) is 0 Å². The van der Waals surface area contributed by atoms with Gasteiger partial charge in [0.15, 0.2) is 0 Å². The molecular formula is C12H14BrClN2O2. The van der Waals surface area contributed by atoms with Crippen LogP contribution in [-0.4, -0.2) is 37.4 Å². The van der Waals surface area contributed by atoms with Crippen molar-refractivity contribution in [3.8, 4) is 0 Å². The van der Waals surface area contributed by atoms with E-state index in [1.807, 2.05) is 0 Å². The largest absolute Gasteiger partial charge is 0.352 e. The third-order valence-electron chi connectivity index (χ3n) is 2.25. The predicted octanol–water partition coefficient (Wildman–Crippen LogP) is 2.31. The minimum absolute atomic E-state index is 0.0254. The van der Waals surface area contributed by atoms with Crippen molar-refractivity contribution < 1.29 is 9.59 Å². The molecule has 98 valence electrons. The van der Waals surface area contributed by atoms with Crippen molar-refractivity contribution in [3.63, 3.8) is 0 Å². The first-order valence-corrected chi connectivity index (χ1v) is 6.51. The average molecular weight is 334 g/mol. The number of carbonyl (C=O) groups is 2. The molecule has 1 aromatic carbocycles. The Morgan fingerprint density at radius 1 is 1.33 bits per heavy atom. The summed E-state index contributed by atoms with van der Waals surface area (Å²) >= 11 is 9.12. The summed E-state index contributed by atoms with van der Waals surface area (Å²) in [6, 6.07) is 4.96. The Bertz CT molecular complexity index is 443. The monoisotopic (exact) mass is 332 g/mol. The predicted molar refractivity (Wildman–Crippen MR) is 74.8 cm³/mol. The van der Waals surface area contributed by atoms with Crippen LogP contribution < -0.4 is 5.32 Å². The van der Waals surface area contributed by atoms with Gasteiger partial charge in [-0.3, -0.25) is 9.59 Å². The summed E-state index contributed by atoms with van der Waals surface area (Å²) in [5, 5.41) is 3.16. The van der Waals surface area contributed by atoms with E-state index in [1.165, 1.54) is 4.90 Å². The van der Waals surface area contributed by atoms with Gasteiger partial charge in [0, 0.05) is 42.1 Å². The van der Waals surface area contributed by atoms with Gasteiger partial charge in [-0.25, -0.2) is 0 Å². The fraction of sp³-hybridized carbons (Fsp3) is 0.333. The van der Waals surface area contributed by atoms with Crippen molar-refractivity contribution in [1.29, 1.82) is 0 Å². The van der Waals surface area contributed by atoms with E-state index in [0.29, 0.717) is 17.1 Å². The lowest BCUT2D eigenvalue weighted by atomic mass is 10.2. The van der Waals surface area contributed by atoms with E-state index in [1.54, 1.807) is 32.3 Å². The molecule has 1 rings (SSSR count). The van der Waals surface area contributed by atoms with E-state index in [4.69, 9.17) is 11.6 Å². The number of hydrogen-bond acceptors (Lipinski definition) is 2. The van der Waals surface area contributed by atoms with Crippen molar-refractivity contribution in [2.45, 2.75) is 6.42 Å². The molecule has 0 radical (unpaired) electrons. The summed E-state index contributed by atoms with van der Waals surface area (Å²) in [5.41, 5.74) is 0.465. The van der Waals surface area contributed by atoms with Crippen LogP contribution in [0.4, 0.5) is 0 Å². The van der Waals surface area contributed by atoms with Gasteiger partial charge in [0.2, 0.25) is 5.91 Å². The van der Waals surface area contributed by atoms with Gasteiger partial charge in [-0.2, -0.15) is 0 Å². The molecule has 0 bridgehead atoms. The van der Waals surface area contributed by atoms with Crippen LogP contribution in [0.1, 0.15) is 16.8 Å². The molecular weight excluding hydrogens is 320 g/mol. The quantitative estimate of drug-likeness (QED) is 0.919. The minimum atomic E-state index is -0.246. The number of amides is 2. The smallest absolute Gasteiger partial charge is 0.251 e. The topological polar surface area (TPSA) is 49.4 Å². The molecule has 6 heteroatoms. The molecule has 0 unspecified atom stereocenters. The first kappa shape index (κ1) is 15.0. The van der Waals surface area contributed by atoms with Gasteiger partial charge in [-0.05, 0) is 18.2 Å². The van der Waals surface area contributed by atoms with E-state index in [0.717, 1.165) is 4.47 Å². The normalized spacial score (nSPS) is 10.0. The van der Waals surface area contributed by atoms with Gasteiger partial charge in [0.25, 0.3) is 5.91 Å². The number of nitrogens with zero attached hydrogens (tertiary/aromatic N) is 1. The molecule has 4 nitrogen and oxygen atoms in total. The first-order valence-electron chi connectivity index (χ1n) is 5.34. The Kier molecular flexibility index (Phi) is 5.62. The van der Waals surface area contributed by atoms with Gasteiger partial charge in [-0.15, -0.1) is 0 Å². The fourth-order valence-corrected chi connectivity index (χ4v) is 2.15. The molecule has 2 amide bonds. The molecule has 0 aliphatic heterocycles. The second-order valence-electron chi connectivity index (χ2n) is 3.95. The SMILES string of the molecule is CN(C)C(=O)CCNC(=O)c1cc(Cl)cc(Br)c1. The number of rotatable bonds is 4. The lowest BCUT2D eigenvalue weighted by Gasteiger charge is -2.10. The summed E-state index contributed by atoms with van der Waals surface area (Å²) in [5.74, 6) is -0.271. The standard InChI is InChI=1S/C12H14BrClN2O2/c1-16(2)11(17)3-4-15-12(18)8-5-9(13)7-10(14)6-8/h5-7H,3-4H2,1-2H3,(H,15,18). The summed E-state index contributed by atoms with van der Waals surface area (Å²) in [6.45, 7) is 0.306. The number of benzene rings is 1. The second kappa shape index (κ2) is 6.75. The molecule has 0 aliphatic rings. The zero-order valence-corrected chi connectivity index (χ0v) is 12.5. The summed E-state index contributed by atoms with van der Waals surface area (Å²) in [4.78, 5) is 24.6. The van der Waals surface area contributed by atoms with Gasteiger partial charge in [0.1, 0.15) is 0 Å². The van der Waals surface area contributed by atoms with E-state index >= 15 is 0 Å². The van der Waals surface area contributed by atoms with Crippen molar-refractivity contribution in [2.75, 3.05) is 20.6 Å². The van der Waals surface area contributed by atoms with E-state index in [-0.39, 0.29) is 18.2 Å². The molecule has 18 heavy (non-hydrogen) atoms. The number of halogens is 2. The summed E-state index contributed by atoms with van der Waals surface area (Å²) in [7, 11) is 3.36. The van der Waals surface area contributed by atoms with Crippen molar-refractivity contribution in [3.05, 3.63) is 33.3 Å². The highest BCUT2D eigenvalue weighted by Gasteiger charge is 2.09. The molecule has 1 aromatic rings.